The number of nitrogens with zero attached hydrogens (tertiary/aromatic N) is 7. The summed E-state index contributed by atoms with van der Waals surface area (Å²) in [6, 6.07) is 0. The first-order valence-electron chi connectivity index (χ1n) is 8.15. The molecule has 1 atom stereocenters. The van der Waals surface area contributed by atoms with Crippen LogP contribution in [0.1, 0.15) is 36.3 Å². The third-order valence-electron chi connectivity index (χ3n) is 4.36. The minimum Gasteiger partial charge on any atom is -0.342 e. The number of imidazole rings is 1. The summed E-state index contributed by atoms with van der Waals surface area (Å²) < 4.78 is 3.34. The molecular weight excluding hydrogens is 310 g/mol. The molecule has 3 heterocycles. The number of ketones is 1. The molecule has 0 bridgehead atoms. The SMILES string of the molecule is Cn1ccnc1C(=O)C1CCCN(C(=O)CCCn2cnnn2)C1. The number of tetrazole rings is 1. The van der Waals surface area contributed by atoms with E-state index in [-0.39, 0.29) is 17.6 Å². The van der Waals surface area contributed by atoms with Gasteiger partial charge in [0.05, 0.1) is 0 Å². The molecule has 9 nitrogen and oxygen atoms in total. The van der Waals surface area contributed by atoms with Crippen LogP contribution < -0.4 is 0 Å². The van der Waals surface area contributed by atoms with E-state index >= 15 is 0 Å². The summed E-state index contributed by atoms with van der Waals surface area (Å²) in [5.41, 5.74) is 0. The summed E-state index contributed by atoms with van der Waals surface area (Å²) in [6.45, 7) is 1.81. The first-order valence-corrected chi connectivity index (χ1v) is 8.15. The summed E-state index contributed by atoms with van der Waals surface area (Å²) in [5, 5.41) is 10.9. The maximum absolute atomic E-state index is 12.6. The zero-order valence-corrected chi connectivity index (χ0v) is 13.7. The lowest BCUT2D eigenvalue weighted by Crippen LogP contribution is -2.42. The highest BCUT2D eigenvalue weighted by molar-refractivity contribution is 5.95. The third kappa shape index (κ3) is 3.66. The third-order valence-corrected chi connectivity index (χ3v) is 4.36. The number of Topliss-reactive ketones (excluding diaryl/α,β-unsaturated/α-hetero) is 1. The number of carbonyl (C=O) groups excluding carboxylic acids is 2. The topological polar surface area (TPSA) is 98.8 Å². The second-order valence-electron chi connectivity index (χ2n) is 6.08. The van der Waals surface area contributed by atoms with Gasteiger partial charge in [0.15, 0.2) is 5.82 Å². The van der Waals surface area contributed by atoms with Crippen LogP contribution in [0.15, 0.2) is 18.7 Å². The molecule has 0 N–H and O–H groups in total. The van der Waals surface area contributed by atoms with E-state index in [1.54, 1.807) is 26.5 Å². The van der Waals surface area contributed by atoms with Crippen LogP contribution in [0.4, 0.5) is 0 Å². The molecule has 0 aromatic carbocycles. The molecular formula is C15H21N7O2. The highest BCUT2D eigenvalue weighted by Gasteiger charge is 2.30. The van der Waals surface area contributed by atoms with Gasteiger partial charge in [-0.25, -0.2) is 9.67 Å². The molecule has 1 fully saturated rings. The Morgan fingerprint density at radius 3 is 2.96 bits per heavy atom. The Morgan fingerprint density at radius 1 is 1.38 bits per heavy atom. The van der Waals surface area contributed by atoms with Crippen molar-refractivity contribution in [3.8, 4) is 0 Å². The molecule has 9 heteroatoms. The Morgan fingerprint density at radius 2 is 2.25 bits per heavy atom. The summed E-state index contributed by atoms with van der Waals surface area (Å²) in [6.07, 6.45) is 7.68. The Hall–Kier alpha value is -2.58. The number of piperidine rings is 1. The van der Waals surface area contributed by atoms with Crippen LogP contribution in [-0.4, -0.2) is 59.4 Å². The highest BCUT2D eigenvalue weighted by atomic mass is 16.2. The van der Waals surface area contributed by atoms with Crippen molar-refractivity contribution in [3.05, 3.63) is 24.5 Å². The van der Waals surface area contributed by atoms with Crippen molar-refractivity contribution in [2.24, 2.45) is 13.0 Å². The number of hydrogen-bond acceptors (Lipinski definition) is 6. The van der Waals surface area contributed by atoms with E-state index in [0.29, 0.717) is 38.3 Å². The van der Waals surface area contributed by atoms with E-state index in [1.165, 1.54) is 6.33 Å². The van der Waals surface area contributed by atoms with Gasteiger partial charge in [-0.15, -0.1) is 5.10 Å². The molecule has 1 unspecified atom stereocenters. The van der Waals surface area contributed by atoms with Crippen molar-refractivity contribution >= 4 is 11.7 Å². The summed E-state index contributed by atoms with van der Waals surface area (Å²) >= 11 is 0. The molecule has 3 rings (SSSR count). The number of aromatic nitrogens is 6. The summed E-state index contributed by atoms with van der Waals surface area (Å²) in [4.78, 5) is 30.9. The van der Waals surface area contributed by atoms with Gasteiger partial charge in [-0.3, -0.25) is 9.59 Å². The van der Waals surface area contributed by atoms with E-state index in [2.05, 4.69) is 20.5 Å². The minimum atomic E-state index is -0.164. The first-order chi connectivity index (χ1) is 11.6. The van der Waals surface area contributed by atoms with Gasteiger partial charge < -0.3 is 9.47 Å². The van der Waals surface area contributed by atoms with Crippen LogP contribution in [-0.2, 0) is 18.4 Å². The zero-order chi connectivity index (χ0) is 16.9. The molecule has 1 amide bonds. The van der Waals surface area contributed by atoms with Crippen LogP contribution in [0.2, 0.25) is 0 Å². The Labute approximate surface area is 139 Å². The number of rotatable bonds is 6. The largest absolute Gasteiger partial charge is 0.342 e. The van der Waals surface area contributed by atoms with E-state index in [9.17, 15) is 9.59 Å². The number of hydrogen-bond donors (Lipinski definition) is 0. The van der Waals surface area contributed by atoms with Gasteiger partial charge in [-0.05, 0) is 29.7 Å². The molecule has 0 aliphatic carbocycles. The van der Waals surface area contributed by atoms with E-state index in [4.69, 9.17) is 0 Å². The van der Waals surface area contributed by atoms with Crippen LogP contribution in [0.3, 0.4) is 0 Å². The Bertz CT molecular complexity index is 695. The quantitative estimate of drug-likeness (QED) is 0.706. The van der Waals surface area contributed by atoms with Crippen molar-refractivity contribution in [2.75, 3.05) is 13.1 Å². The molecule has 128 valence electrons. The van der Waals surface area contributed by atoms with Crippen molar-refractivity contribution in [1.29, 1.82) is 0 Å². The molecule has 0 spiro atoms. The predicted molar refractivity (Wildman–Crippen MR) is 83.9 cm³/mol. The van der Waals surface area contributed by atoms with Gasteiger partial charge >= 0.3 is 0 Å². The van der Waals surface area contributed by atoms with E-state index < -0.39 is 0 Å². The van der Waals surface area contributed by atoms with E-state index in [1.807, 2.05) is 7.05 Å². The smallest absolute Gasteiger partial charge is 0.222 e. The molecule has 1 aliphatic rings. The number of amides is 1. The van der Waals surface area contributed by atoms with Crippen LogP contribution in [0.5, 0.6) is 0 Å². The number of carbonyl (C=O) groups is 2. The molecule has 2 aromatic rings. The second kappa shape index (κ2) is 7.33. The van der Waals surface area contributed by atoms with Crippen molar-refractivity contribution in [3.63, 3.8) is 0 Å². The van der Waals surface area contributed by atoms with Crippen LogP contribution >= 0.6 is 0 Å². The molecule has 0 radical (unpaired) electrons. The van der Waals surface area contributed by atoms with Crippen LogP contribution in [0, 0.1) is 5.92 Å². The van der Waals surface area contributed by atoms with E-state index in [0.717, 1.165) is 12.8 Å². The van der Waals surface area contributed by atoms with Gasteiger partial charge in [0.25, 0.3) is 0 Å². The summed E-state index contributed by atoms with van der Waals surface area (Å²) in [5.74, 6) is 0.408. The lowest BCUT2D eigenvalue weighted by molar-refractivity contribution is -0.132. The average molecular weight is 331 g/mol. The molecule has 1 aliphatic heterocycles. The van der Waals surface area contributed by atoms with Gasteiger partial charge in [0, 0.05) is 51.4 Å². The van der Waals surface area contributed by atoms with Crippen molar-refractivity contribution in [1.82, 2.24) is 34.7 Å². The fourth-order valence-corrected chi connectivity index (χ4v) is 3.04. The number of likely N-dealkylation sites (tertiary alicyclic amines) is 1. The fourth-order valence-electron chi connectivity index (χ4n) is 3.04. The molecule has 0 saturated carbocycles. The van der Waals surface area contributed by atoms with Gasteiger partial charge in [-0.1, -0.05) is 0 Å². The predicted octanol–water partition coefficient (Wildman–Crippen LogP) is 0.308. The highest BCUT2D eigenvalue weighted by Crippen LogP contribution is 2.21. The lowest BCUT2D eigenvalue weighted by Gasteiger charge is -2.32. The number of aryl methyl sites for hydroxylation is 2. The normalized spacial score (nSPS) is 17.9. The molecule has 2 aromatic heterocycles. The maximum atomic E-state index is 12.6. The molecule has 1 saturated heterocycles. The standard InChI is InChI=1S/C15H21N7O2/c1-20-9-6-16-15(20)14(24)12-4-2-7-21(10-12)13(23)5-3-8-22-11-17-18-19-22/h6,9,11-12H,2-5,7-8,10H2,1H3. The lowest BCUT2D eigenvalue weighted by atomic mass is 9.93. The fraction of sp³-hybridized carbons (Fsp3) is 0.600. The van der Waals surface area contributed by atoms with Gasteiger partial charge in [0.1, 0.15) is 6.33 Å². The van der Waals surface area contributed by atoms with Crippen molar-refractivity contribution in [2.45, 2.75) is 32.2 Å². The second-order valence-corrected chi connectivity index (χ2v) is 6.08. The van der Waals surface area contributed by atoms with Gasteiger partial charge in [-0.2, -0.15) is 0 Å². The monoisotopic (exact) mass is 331 g/mol. The maximum Gasteiger partial charge on any atom is 0.222 e. The van der Waals surface area contributed by atoms with Crippen LogP contribution in [0.25, 0.3) is 0 Å². The average Bonchev–Trinajstić information content (AvgIpc) is 3.26. The molecule has 24 heavy (non-hydrogen) atoms. The Kier molecular flexibility index (Phi) is 4.97. The summed E-state index contributed by atoms with van der Waals surface area (Å²) in [7, 11) is 1.81. The zero-order valence-electron chi connectivity index (χ0n) is 13.7. The van der Waals surface area contributed by atoms with Crippen molar-refractivity contribution < 1.29 is 9.59 Å². The van der Waals surface area contributed by atoms with Gasteiger partial charge in [0.2, 0.25) is 11.7 Å². The minimum absolute atomic E-state index is 0.0219. The Balaban J connectivity index is 1.52. The first kappa shape index (κ1) is 16.3.